The van der Waals surface area contributed by atoms with Crippen molar-refractivity contribution in [1.82, 2.24) is 0 Å². The van der Waals surface area contributed by atoms with Gasteiger partial charge >= 0.3 is 0 Å². The molecule has 3 heteroatoms. The number of nitrogens with zero attached hydrogens (tertiary/aromatic N) is 2. The van der Waals surface area contributed by atoms with E-state index < -0.39 is 0 Å². The largest absolute Gasteiger partial charge is 0.397 e. The van der Waals surface area contributed by atoms with Gasteiger partial charge in [-0.15, -0.1) is 0 Å². The molecule has 0 aromatic heterocycles. The van der Waals surface area contributed by atoms with Crippen LogP contribution in [0.15, 0.2) is 30.3 Å². The molecule has 0 aliphatic carbocycles. The van der Waals surface area contributed by atoms with Crippen molar-refractivity contribution in [3.8, 4) is 6.07 Å². The summed E-state index contributed by atoms with van der Waals surface area (Å²) >= 11 is 0. The van der Waals surface area contributed by atoms with Crippen LogP contribution in [0.4, 0.5) is 17.1 Å². The van der Waals surface area contributed by atoms with Crippen LogP contribution in [0.2, 0.25) is 0 Å². The predicted molar refractivity (Wildman–Crippen MR) is 84.3 cm³/mol. The highest BCUT2D eigenvalue weighted by Gasteiger charge is 2.12. The predicted octanol–water partition coefficient (Wildman–Crippen LogP) is 3.83. The topological polar surface area (TPSA) is 53.0 Å². The monoisotopic (exact) mass is 265 g/mol. The first-order chi connectivity index (χ1) is 9.45. The van der Waals surface area contributed by atoms with E-state index in [0.29, 0.717) is 11.3 Å². The number of nitrogens with two attached hydrogens (primary N) is 1. The lowest BCUT2D eigenvalue weighted by Crippen LogP contribution is -2.14. The molecular weight excluding hydrogens is 246 g/mol. The van der Waals surface area contributed by atoms with Gasteiger partial charge in [0.1, 0.15) is 0 Å². The molecule has 2 aromatic rings. The minimum atomic E-state index is 0.613. The number of benzene rings is 2. The highest BCUT2D eigenvalue weighted by atomic mass is 15.1. The number of anilines is 3. The fourth-order valence-corrected chi connectivity index (χ4v) is 2.34. The molecule has 0 bridgehead atoms. The fraction of sp³-hybridized carbons (Fsp3) is 0.235. The quantitative estimate of drug-likeness (QED) is 0.839. The van der Waals surface area contributed by atoms with E-state index in [1.165, 1.54) is 16.7 Å². The molecule has 20 heavy (non-hydrogen) atoms. The molecule has 0 spiro atoms. The molecular formula is C17H19N3. The van der Waals surface area contributed by atoms with E-state index in [-0.39, 0.29) is 0 Å². The maximum Gasteiger partial charge on any atom is 0.0992 e. The van der Waals surface area contributed by atoms with Crippen LogP contribution >= 0.6 is 0 Å². The molecule has 0 atom stereocenters. The smallest absolute Gasteiger partial charge is 0.0992 e. The van der Waals surface area contributed by atoms with E-state index in [0.717, 1.165) is 11.4 Å². The molecule has 2 rings (SSSR count). The van der Waals surface area contributed by atoms with Crippen molar-refractivity contribution in [2.75, 3.05) is 17.7 Å². The number of aryl methyl sites for hydroxylation is 1. The molecule has 3 nitrogen and oxygen atoms in total. The molecule has 0 saturated carbocycles. The SMILES string of the molecule is Cc1ccc(N(C)c2cc(C#N)ccc2N)c(C)c1C. The Labute approximate surface area is 120 Å². The molecule has 2 N–H and O–H groups in total. The summed E-state index contributed by atoms with van der Waals surface area (Å²) in [6.07, 6.45) is 0. The molecule has 2 aromatic carbocycles. The van der Waals surface area contributed by atoms with Crippen LogP contribution in [0.5, 0.6) is 0 Å². The Morgan fingerprint density at radius 2 is 1.70 bits per heavy atom. The van der Waals surface area contributed by atoms with E-state index in [9.17, 15) is 0 Å². The third kappa shape index (κ3) is 2.33. The number of hydrogen-bond donors (Lipinski definition) is 1. The van der Waals surface area contributed by atoms with Crippen LogP contribution < -0.4 is 10.6 Å². The van der Waals surface area contributed by atoms with E-state index in [4.69, 9.17) is 11.0 Å². The minimum absolute atomic E-state index is 0.613. The zero-order valence-electron chi connectivity index (χ0n) is 12.4. The van der Waals surface area contributed by atoms with Gasteiger partial charge in [-0.05, 0) is 61.7 Å². The number of nitriles is 1. The molecule has 0 fully saturated rings. The molecule has 0 aliphatic rings. The van der Waals surface area contributed by atoms with Gasteiger partial charge in [-0.25, -0.2) is 0 Å². The van der Waals surface area contributed by atoms with Crippen molar-refractivity contribution in [3.05, 3.63) is 52.6 Å². The van der Waals surface area contributed by atoms with Crippen LogP contribution in [0.25, 0.3) is 0 Å². The van der Waals surface area contributed by atoms with Gasteiger partial charge in [0.2, 0.25) is 0 Å². The minimum Gasteiger partial charge on any atom is -0.397 e. The fourth-order valence-electron chi connectivity index (χ4n) is 2.34. The number of nitrogen functional groups attached to an aromatic ring is 1. The van der Waals surface area contributed by atoms with E-state index in [1.54, 1.807) is 12.1 Å². The van der Waals surface area contributed by atoms with Crippen molar-refractivity contribution in [3.63, 3.8) is 0 Å². The Hall–Kier alpha value is -2.47. The Balaban J connectivity index is 2.55. The average molecular weight is 265 g/mol. The van der Waals surface area contributed by atoms with Gasteiger partial charge in [-0.2, -0.15) is 5.26 Å². The normalized spacial score (nSPS) is 10.2. The van der Waals surface area contributed by atoms with Crippen LogP contribution in [0, 0.1) is 32.1 Å². The Kier molecular flexibility index (Phi) is 3.67. The third-order valence-corrected chi connectivity index (χ3v) is 3.91. The molecule has 0 radical (unpaired) electrons. The summed E-state index contributed by atoms with van der Waals surface area (Å²) in [5.74, 6) is 0. The van der Waals surface area contributed by atoms with Crippen LogP contribution in [-0.4, -0.2) is 7.05 Å². The van der Waals surface area contributed by atoms with Crippen LogP contribution in [0.1, 0.15) is 22.3 Å². The van der Waals surface area contributed by atoms with Crippen molar-refractivity contribution in [2.45, 2.75) is 20.8 Å². The number of rotatable bonds is 2. The first-order valence-corrected chi connectivity index (χ1v) is 6.56. The van der Waals surface area contributed by atoms with Crippen LogP contribution in [-0.2, 0) is 0 Å². The Bertz CT molecular complexity index is 696. The third-order valence-electron chi connectivity index (χ3n) is 3.91. The highest BCUT2D eigenvalue weighted by molar-refractivity contribution is 5.77. The van der Waals surface area contributed by atoms with Crippen molar-refractivity contribution < 1.29 is 0 Å². The van der Waals surface area contributed by atoms with Gasteiger partial charge in [0.05, 0.1) is 23.0 Å². The average Bonchev–Trinajstić information content (AvgIpc) is 2.45. The van der Waals surface area contributed by atoms with Crippen LogP contribution in [0.3, 0.4) is 0 Å². The van der Waals surface area contributed by atoms with Gasteiger partial charge in [0.15, 0.2) is 0 Å². The molecule has 0 amide bonds. The lowest BCUT2D eigenvalue weighted by Gasteiger charge is -2.24. The van der Waals surface area contributed by atoms with Crippen molar-refractivity contribution in [1.29, 1.82) is 5.26 Å². The zero-order chi connectivity index (χ0) is 14.9. The standard InChI is InChI=1S/C17H19N3/c1-11-5-8-16(13(3)12(11)2)20(4)17-9-14(10-18)6-7-15(17)19/h5-9H,19H2,1-4H3. The first-order valence-electron chi connectivity index (χ1n) is 6.56. The zero-order valence-corrected chi connectivity index (χ0v) is 12.4. The summed E-state index contributed by atoms with van der Waals surface area (Å²) in [7, 11) is 1.98. The summed E-state index contributed by atoms with van der Waals surface area (Å²) in [4.78, 5) is 2.04. The second-order valence-corrected chi connectivity index (χ2v) is 5.10. The van der Waals surface area contributed by atoms with Gasteiger partial charge in [0.25, 0.3) is 0 Å². The van der Waals surface area contributed by atoms with Crippen molar-refractivity contribution in [2.24, 2.45) is 0 Å². The summed E-state index contributed by atoms with van der Waals surface area (Å²) < 4.78 is 0. The second kappa shape index (κ2) is 5.26. The molecule has 0 saturated heterocycles. The van der Waals surface area contributed by atoms with E-state index in [2.05, 4.69) is 39.0 Å². The maximum atomic E-state index is 9.03. The van der Waals surface area contributed by atoms with Gasteiger partial charge < -0.3 is 10.6 Å². The van der Waals surface area contributed by atoms with E-state index >= 15 is 0 Å². The summed E-state index contributed by atoms with van der Waals surface area (Å²) in [5, 5.41) is 9.03. The molecule has 102 valence electrons. The van der Waals surface area contributed by atoms with E-state index in [1.807, 2.05) is 18.0 Å². The Morgan fingerprint density at radius 1 is 1.00 bits per heavy atom. The van der Waals surface area contributed by atoms with Gasteiger partial charge in [0, 0.05) is 12.7 Å². The molecule has 0 aliphatic heterocycles. The van der Waals surface area contributed by atoms with Crippen molar-refractivity contribution >= 4 is 17.1 Å². The lowest BCUT2D eigenvalue weighted by atomic mass is 10.0. The summed E-state index contributed by atoms with van der Waals surface area (Å²) in [5.41, 5.74) is 13.1. The van der Waals surface area contributed by atoms with Gasteiger partial charge in [-0.1, -0.05) is 6.07 Å². The lowest BCUT2D eigenvalue weighted by molar-refractivity contribution is 1.15. The second-order valence-electron chi connectivity index (χ2n) is 5.10. The number of hydrogen-bond acceptors (Lipinski definition) is 3. The maximum absolute atomic E-state index is 9.03. The Morgan fingerprint density at radius 3 is 2.35 bits per heavy atom. The molecule has 0 heterocycles. The van der Waals surface area contributed by atoms with Gasteiger partial charge in [-0.3, -0.25) is 0 Å². The molecule has 0 unspecified atom stereocenters. The first kappa shape index (κ1) is 14.0. The summed E-state index contributed by atoms with van der Waals surface area (Å²) in [6.45, 7) is 6.34. The highest BCUT2D eigenvalue weighted by Crippen LogP contribution is 2.33. The summed E-state index contributed by atoms with van der Waals surface area (Å²) in [6, 6.07) is 11.7.